The number of aliphatic hydroxyl groups excluding tert-OH is 1. The quantitative estimate of drug-likeness (QED) is 0.446. The molecule has 1 aromatic rings. The summed E-state index contributed by atoms with van der Waals surface area (Å²) in [7, 11) is 0. The summed E-state index contributed by atoms with van der Waals surface area (Å²) in [6.07, 6.45) is 0.641. The number of hydrogen-bond donors (Lipinski definition) is 3. The topological polar surface area (TPSA) is 77.2 Å². The Kier molecular flexibility index (Phi) is 4.59. The average molecular weight is 336 g/mol. The molecule has 1 unspecified atom stereocenters. The van der Waals surface area contributed by atoms with Crippen molar-refractivity contribution in [3.05, 3.63) is 35.4 Å². The number of rotatable bonds is 3. The molecule has 0 aliphatic heterocycles. The van der Waals surface area contributed by atoms with Crippen LogP contribution in [0.5, 0.6) is 0 Å². The lowest BCUT2D eigenvalue weighted by Crippen LogP contribution is -2.17. The molecule has 0 saturated heterocycles. The summed E-state index contributed by atoms with van der Waals surface area (Å²) in [5.41, 5.74) is 0.925. The number of benzene rings is 1. The predicted octanol–water partition coefficient (Wildman–Crippen LogP) is 3.82. The van der Waals surface area contributed by atoms with E-state index in [1.807, 2.05) is 0 Å². The summed E-state index contributed by atoms with van der Waals surface area (Å²) in [6, 6.07) is 6.27. The van der Waals surface area contributed by atoms with E-state index >= 15 is 0 Å². The highest BCUT2D eigenvalue weighted by Crippen LogP contribution is 2.39. The van der Waals surface area contributed by atoms with Crippen LogP contribution in [0.2, 0.25) is 0 Å². The fourth-order valence-corrected chi connectivity index (χ4v) is 1.98. The van der Waals surface area contributed by atoms with E-state index in [0.29, 0.717) is 11.1 Å². The van der Waals surface area contributed by atoms with Gasteiger partial charge in [0.1, 0.15) is 6.10 Å². The predicted molar refractivity (Wildman–Crippen MR) is 80.1 cm³/mol. The van der Waals surface area contributed by atoms with Gasteiger partial charge in [-0.3, -0.25) is 10.8 Å². The van der Waals surface area contributed by atoms with Crippen LogP contribution in [0.4, 0.5) is 0 Å². The smallest absolute Gasteiger partial charge is 0.220 e. The average Bonchev–Trinajstić information content (AvgIpc) is 3.21. The lowest BCUT2D eigenvalue weighted by molar-refractivity contribution is 0.182. The van der Waals surface area contributed by atoms with Crippen LogP contribution in [-0.4, -0.2) is 20.7 Å². The molecule has 0 spiro atoms. The van der Waals surface area contributed by atoms with Crippen molar-refractivity contribution in [2.75, 3.05) is 0 Å². The normalized spacial score (nSPS) is 16.6. The number of alkyl halides is 3. The Hall–Kier alpha value is -0.810. The van der Waals surface area contributed by atoms with Crippen molar-refractivity contribution < 1.29 is 9.84 Å². The molecule has 0 heterocycles. The summed E-state index contributed by atoms with van der Waals surface area (Å²) in [5.74, 6) is 0.179. The van der Waals surface area contributed by atoms with Crippen molar-refractivity contribution in [3.63, 3.8) is 0 Å². The molecule has 0 amide bonds. The van der Waals surface area contributed by atoms with Crippen LogP contribution in [-0.2, 0) is 4.74 Å². The largest absolute Gasteiger partial charge is 0.425 e. The van der Waals surface area contributed by atoms with Gasteiger partial charge in [-0.15, -0.1) is 0 Å². The van der Waals surface area contributed by atoms with Gasteiger partial charge in [0.15, 0.2) is 5.90 Å². The van der Waals surface area contributed by atoms with Crippen LogP contribution >= 0.6 is 34.8 Å². The first-order chi connectivity index (χ1) is 9.29. The van der Waals surface area contributed by atoms with Gasteiger partial charge >= 0.3 is 0 Å². The zero-order valence-corrected chi connectivity index (χ0v) is 12.6. The molecule has 0 radical (unpaired) electrons. The Morgan fingerprint density at radius 1 is 1.20 bits per heavy atom. The van der Waals surface area contributed by atoms with Gasteiger partial charge in [0.25, 0.3) is 0 Å². The highest BCUT2D eigenvalue weighted by Gasteiger charge is 2.32. The molecule has 20 heavy (non-hydrogen) atoms. The van der Waals surface area contributed by atoms with Crippen LogP contribution in [0.1, 0.15) is 30.1 Å². The van der Waals surface area contributed by atoms with E-state index in [2.05, 4.69) is 0 Å². The SMILES string of the molecule is N=C(OC(=N)C1CC1)c1ccc(C(O)C(Cl)(Cl)Cl)cc1. The molecule has 2 rings (SSSR count). The van der Waals surface area contributed by atoms with Gasteiger partial charge < -0.3 is 9.84 Å². The minimum Gasteiger partial charge on any atom is -0.425 e. The third kappa shape index (κ3) is 3.85. The molecule has 0 bridgehead atoms. The van der Waals surface area contributed by atoms with E-state index in [1.54, 1.807) is 24.3 Å². The van der Waals surface area contributed by atoms with Crippen LogP contribution in [0.15, 0.2) is 24.3 Å². The van der Waals surface area contributed by atoms with Crippen LogP contribution in [0, 0.1) is 16.7 Å². The second kappa shape index (κ2) is 5.90. The molecule has 1 aliphatic carbocycles. The lowest BCUT2D eigenvalue weighted by Gasteiger charge is -2.19. The Bertz CT molecular complexity index is 521. The van der Waals surface area contributed by atoms with Crippen molar-refractivity contribution in [1.29, 1.82) is 10.8 Å². The van der Waals surface area contributed by atoms with E-state index in [1.165, 1.54) is 0 Å². The second-order valence-electron chi connectivity index (χ2n) is 4.64. The van der Waals surface area contributed by atoms with E-state index in [9.17, 15) is 5.11 Å². The maximum Gasteiger partial charge on any atom is 0.220 e. The van der Waals surface area contributed by atoms with Gasteiger partial charge in [-0.2, -0.15) is 0 Å². The molecule has 7 heteroatoms. The molecule has 1 aromatic carbocycles. The number of nitrogens with one attached hydrogen (secondary N) is 2. The Morgan fingerprint density at radius 3 is 2.20 bits per heavy atom. The number of halogens is 3. The van der Waals surface area contributed by atoms with Crippen molar-refractivity contribution in [1.82, 2.24) is 0 Å². The summed E-state index contributed by atoms with van der Waals surface area (Å²) < 4.78 is 3.35. The molecular formula is C13H13Cl3N2O2. The molecular weight excluding hydrogens is 323 g/mol. The fraction of sp³-hybridized carbons (Fsp3) is 0.385. The van der Waals surface area contributed by atoms with Crippen LogP contribution < -0.4 is 0 Å². The molecule has 4 nitrogen and oxygen atoms in total. The summed E-state index contributed by atoms with van der Waals surface area (Å²) in [5, 5.41) is 25.2. The lowest BCUT2D eigenvalue weighted by atomic mass is 10.1. The minimum absolute atomic E-state index is 0.100. The van der Waals surface area contributed by atoms with E-state index < -0.39 is 9.90 Å². The third-order valence-electron chi connectivity index (χ3n) is 2.96. The summed E-state index contributed by atoms with van der Waals surface area (Å²) >= 11 is 16.9. The highest BCUT2D eigenvalue weighted by atomic mass is 35.6. The zero-order chi connectivity index (χ0) is 14.9. The van der Waals surface area contributed by atoms with Gasteiger partial charge in [-0.05, 0) is 30.5 Å². The molecule has 3 N–H and O–H groups in total. The fourth-order valence-electron chi connectivity index (χ4n) is 1.60. The second-order valence-corrected chi connectivity index (χ2v) is 7.00. The van der Waals surface area contributed by atoms with E-state index in [0.717, 1.165) is 12.8 Å². The Balaban J connectivity index is 2.03. The van der Waals surface area contributed by atoms with Gasteiger partial charge in [0, 0.05) is 11.5 Å². The minimum atomic E-state index is -1.81. The maximum atomic E-state index is 9.80. The van der Waals surface area contributed by atoms with E-state index in [4.69, 9.17) is 50.4 Å². The molecule has 0 aromatic heterocycles. The maximum absolute atomic E-state index is 9.80. The van der Waals surface area contributed by atoms with Crippen LogP contribution in [0.25, 0.3) is 0 Å². The third-order valence-corrected chi connectivity index (χ3v) is 3.58. The molecule has 1 aliphatic rings. The number of hydrogen-bond acceptors (Lipinski definition) is 4. The van der Waals surface area contributed by atoms with Crippen molar-refractivity contribution in [2.24, 2.45) is 5.92 Å². The van der Waals surface area contributed by atoms with Gasteiger partial charge in [0.05, 0.1) is 0 Å². The van der Waals surface area contributed by atoms with Crippen molar-refractivity contribution in [3.8, 4) is 0 Å². The monoisotopic (exact) mass is 334 g/mol. The number of aliphatic hydroxyl groups is 1. The summed E-state index contributed by atoms with van der Waals surface area (Å²) in [4.78, 5) is 0. The van der Waals surface area contributed by atoms with E-state index in [-0.39, 0.29) is 17.7 Å². The van der Waals surface area contributed by atoms with Gasteiger partial charge in [-0.25, -0.2) is 0 Å². The van der Waals surface area contributed by atoms with Crippen molar-refractivity contribution in [2.45, 2.75) is 22.7 Å². The number of ether oxygens (including phenoxy) is 1. The van der Waals surface area contributed by atoms with Crippen LogP contribution in [0.3, 0.4) is 0 Å². The molecule has 1 saturated carbocycles. The first-order valence-corrected chi connectivity index (χ1v) is 7.12. The molecule has 108 valence electrons. The molecule has 1 atom stereocenters. The zero-order valence-electron chi connectivity index (χ0n) is 10.4. The van der Waals surface area contributed by atoms with Gasteiger partial charge in [0.2, 0.25) is 9.69 Å². The Morgan fingerprint density at radius 2 is 1.75 bits per heavy atom. The molecule has 1 fully saturated rings. The standard InChI is InChI=1S/C13H13Cl3N2O2/c14-13(15,16)10(19)7-1-3-8(4-2-7)11(17)20-12(18)9-5-6-9/h1-4,9-10,17-19H,5-6H2. The van der Waals surface area contributed by atoms with Gasteiger partial charge in [-0.1, -0.05) is 46.9 Å². The highest BCUT2D eigenvalue weighted by molar-refractivity contribution is 6.68. The first-order valence-electron chi connectivity index (χ1n) is 5.99. The Labute approximate surface area is 131 Å². The summed E-state index contributed by atoms with van der Waals surface area (Å²) in [6.45, 7) is 0. The van der Waals surface area contributed by atoms with Crippen molar-refractivity contribution >= 4 is 46.6 Å². The first kappa shape index (κ1) is 15.6.